The maximum absolute atomic E-state index is 11.9. The molecule has 6 heteroatoms. The van der Waals surface area contributed by atoms with Crippen molar-refractivity contribution in [3.05, 3.63) is 46.3 Å². The number of amides is 1. The number of hydrogen-bond donors (Lipinski definition) is 1. The molecule has 0 unspecified atom stereocenters. The summed E-state index contributed by atoms with van der Waals surface area (Å²) in [5, 5.41) is 3.25. The number of carbonyl (C=O) groups excluding carboxylic acids is 2. The lowest BCUT2D eigenvalue weighted by molar-refractivity contribution is -0.114. The van der Waals surface area contributed by atoms with Crippen LogP contribution in [0, 0.1) is 13.8 Å². The molecule has 122 valence electrons. The van der Waals surface area contributed by atoms with Gasteiger partial charge in [0.05, 0.1) is 5.00 Å². The predicted octanol–water partition coefficient (Wildman–Crippen LogP) is 3.56. The number of esters is 1. The highest BCUT2D eigenvalue weighted by Gasteiger charge is 2.11. The predicted molar refractivity (Wildman–Crippen MR) is 90.3 cm³/mol. The first kappa shape index (κ1) is 17.0. The molecule has 1 heterocycles. The smallest absolute Gasteiger partial charge is 0.348 e. The number of thiophene rings is 1. The van der Waals surface area contributed by atoms with E-state index >= 15 is 0 Å². The SMILES string of the molecule is CC(=O)Nc1ccc(C(=O)OCCOc2cc(C)ccc2C)s1. The number of benzene rings is 1. The molecule has 1 amide bonds. The van der Waals surface area contributed by atoms with Crippen molar-refractivity contribution in [3.63, 3.8) is 0 Å². The van der Waals surface area contributed by atoms with E-state index in [4.69, 9.17) is 9.47 Å². The molecule has 5 nitrogen and oxygen atoms in total. The summed E-state index contributed by atoms with van der Waals surface area (Å²) in [5.74, 6) is 0.204. The molecule has 0 atom stereocenters. The van der Waals surface area contributed by atoms with E-state index in [2.05, 4.69) is 5.32 Å². The highest BCUT2D eigenvalue weighted by Crippen LogP contribution is 2.22. The van der Waals surface area contributed by atoms with E-state index in [1.165, 1.54) is 18.3 Å². The van der Waals surface area contributed by atoms with Crippen LogP contribution < -0.4 is 10.1 Å². The zero-order valence-electron chi connectivity index (χ0n) is 13.3. The second-order valence-electron chi connectivity index (χ2n) is 5.10. The highest BCUT2D eigenvalue weighted by atomic mass is 32.1. The van der Waals surface area contributed by atoms with Crippen LogP contribution in [0.4, 0.5) is 5.00 Å². The third-order valence-corrected chi connectivity index (χ3v) is 4.00. The van der Waals surface area contributed by atoms with Crippen molar-refractivity contribution in [1.29, 1.82) is 0 Å². The standard InChI is InChI=1S/C17H19NO4S/c1-11-4-5-12(2)14(10-11)21-8-9-22-17(20)15-6-7-16(23-15)18-13(3)19/h4-7,10H,8-9H2,1-3H3,(H,18,19). The summed E-state index contributed by atoms with van der Waals surface area (Å²) >= 11 is 1.18. The third-order valence-electron chi connectivity index (χ3n) is 3.02. The van der Waals surface area contributed by atoms with Gasteiger partial charge in [-0.2, -0.15) is 0 Å². The minimum atomic E-state index is -0.420. The number of anilines is 1. The summed E-state index contributed by atoms with van der Waals surface area (Å²) < 4.78 is 10.8. The quantitative estimate of drug-likeness (QED) is 0.648. The molecule has 1 aromatic carbocycles. The van der Waals surface area contributed by atoms with E-state index in [1.807, 2.05) is 32.0 Å². The molecule has 1 N–H and O–H groups in total. The van der Waals surface area contributed by atoms with Crippen LogP contribution >= 0.6 is 11.3 Å². The molecule has 0 aliphatic carbocycles. The minimum Gasteiger partial charge on any atom is -0.490 e. The first-order valence-corrected chi connectivity index (χ1v) is 8.02. The monoisotopic (exact) mass is 333 g/mol. The van der Waals surface area contributed by atoms with Gasteiger partial charge in [0.2, 0.25) is 5.91 Å². The van der Waals surface area contributed by atoms with Crippen molar-refractivity contribution in [2.75, 3.05) is 18.5 Å². The fourth-order valence-corrected chi connectivity index (χ4v) is 2.75. The van der Waals surface area contributed by atoms with Crippen LogP contribution in [0.15, 0.2) is 30.3 Å². The average Bonchev–Trinajstić information content (AvgIpc) is 2.94. The molecule has 0 aliphatic rings. The van der Waals surface area contributed by atoms with Gasteiger partial charge in [-0.3, -0.25) is 4.79 Å². The van der Waals surface area contributed by atoms with Gasteiger partial charge in [0.1, 0.15) is 23.8 Å². The summed E-state index contributed by atoms with van der Waals surface area (Å²) in [6, 6.07) is 9.27. The number of carbonyl (C=O) groups is 2. The molecular weight excluding hydrogens is 314 g/mol. The van der Waals surface area contributed by atoms with Crippen molar-refractivity contribution in [3.8, 4) is 5.75 Å². The van der Waals surface area contributed by atoms with E-state index in [0.29, 0.717) is 16.5 Å². The van der Waals surface area contributed by atoms with Crippen LogP contribution in [0.2, 0.25) is 0 Å². The number of aryl methyl sites for hydroxylation is 2. The van der Waals surface area contributed by atoms with E-state index < -0.39 is 5.97 Å². The average molecular weight is 333 g/mol. The molecule has 0 fully saturated rings. The van der Waals surface area contributed by atoms with Crippen molar-refractivity contribution in [2.24, 2.45) is 0 Å². The molecule has 0 bridgehead atoms. The van der Waals surface area contributed by atoms with Crippen LogP contribution in [-0.4, -0.2) is 25.1 Å². The van der Waals surface area contributed by atoms with Gasteiger partial charge in [-0.05, 0) is 43.2 Å². The van der Waals surface area contributed by atoms with Crippen molar-refractivity contribution in [1.82, 2.24) is 0 Å². The zero-order chi connectivity index (χ0) is 16.8. The zero-order valence-corrected chi connectivity index (χ0v) is 14.2. The molecule has 0 radical (unpaired) electrons. The van der Waals surface area contributed by atoms with Gasteiger partial charge in [0.15, 0.2) is 0 Å². The first-order chi connectivity index (χ1) is 11.0. The van der Waals surface area contributed by atoms with Gasteiger partial charge in [-0.1, -0.05) is 12.1 Å². The van der Waals surface area contributed by atoms with Gasteiger partial charge < -0.3 is 14.8 Å². The first-order valence-electron chi connectivity index (χ1n) is 7.20. The summed E-state index contributed by atoms with van der Waals surface area (Å²) in [5.41, 5.74) is 2.16. The van der Waals surface area contributed by atoms with Crippen molar-refractivity contribution in [2.45, 2.75) is 20.8 Å². The minimum absolute atomic E-state index is 0.166. The topological polar surface area (TPSA) is 64.6 Å². The molecule has 0 saturated carbocycles. The fraction of sp³-hybridized carbons (Fsp3) is 0.294. The summed E-state index contributed by atoms with van der Waals surface area (Å²) in [7, 11) is 0. The Morgan fingerprint density at radius 1 is 1.13 bits per heavy atom. The number of ether oxygens (including phenoxy) is 2. The summed E-state index contributed by atoms with van der Waals surface area (Å²) in [4.78, 5) is 23.3. The van der Waals surface area contributed by atoms with Crippen LogP contribution in [0.3, 0.4) is 0 Å². The van der Waals surface area contributed by atoms with E-state index in [0.717, 1.165) is 16.9 Å². The molecule has 0 spiro atoms. The number of hydrogen-bond acceptors (Lipinski definition) is 5. The molecule has 1 aromatic heterocycles. The Labute approximate surface area is 139 Å². The Bertz CT molecular complexity index is 708. The third kappa shape index (κ3) is 5.10. The fourth-order valence-electron chi connectivity index (χ4n) is 1.91. The van der Waals surface area contributed by atoms with Gasteiger partial charge in [-0.25, -0.2) is 4.79 Å². The largest absolute Gasteiger partial charge is 0.490 e. The van der Waals surface area contributed by atoms with Gasteiger partial charge >= 0.3 is 5.97 Å². The number of nitrogens with one attached hydrogen (secondary N) is 1. The van der Waals surface area contributed by atoms with Crippen molar-refractivity contribution >= 4 is 28.2 Å². The summed E-state index contributed by atoms with van der Waals surface area (Å²) in [6.07, 6.45) is 0. The van der Waals surface area contributed by atoms with E-state index in [-0.39, 0.29) is 12.5 Å². The Morgan fingerprint density at radius 2 is 1.91 bits per heavy atom. The second-order valence-corrected chi connectivity index (χ2v) is 6.18. The van der Waals surface area contributed by atoms with Crippen LogP contribution in [0.5, 0.6) is 5.75 Å². The Morgan fingerprint density at radius 3 is 2.65 bits per heavy atom. The van der Waals surface area contributed by atoms with Gasteiger partial charge in [0, 0.05) is 6.92 Å². The normalized spacial score (nSPS) is 10.2. The lowest BCUT2D eigenvalue weighted by Gasteiger charge is -2.10. The van der Waals surface area contributed by atoms with Crippen LogP contribution in [-0.2, 0) is 9.53 Å². The lowest BCUT2D eigenvalue weighted by atomic mass is 10.1. The van der Waals surface area contributed by atoms with E-state index in [9.17, 15) is 9.59 Å². The molecule has 0 saturated heterocycles. The van der Waals surface area contributed by atoms with E-state index in [1.54, 1.807) is 12.1 Å². The maximum atomic E-state index is 11.9. The second kappa shape index (κ2) is 7.78. The van der Waals surface area contributed by atoms with Crippen molar-refractivity contribution < 1.29 is 19.1 Å². The molecule has 2 rings (SSSR count). The molecule has 2 aromatic rings. The summed E-state index contributed by atoms with van der Waals surface area (Å²) in [6.45, 7) is 5.84. The molecule has 0 aliphatic heterocycles. The van der Waals surface area contributed by atoms with Gasteiger partial charge in [0.25, 0.3) is 0 Å². The van der Waals surface area contributed by atoms with Crippen LogP contribution in [0.25, 0.3) is 0 Å². The Balaban J connectivity index is 1.79. The molecular formula is C17H19NO4S. The Hall–Kier alpha value is -2.34. The van der Waals surface area contributed by atoms with Crippen LogP contribution in [0.1, 0.15) is 27.7 Å². The number of rotatable bonds is 6. The lowest BCUT2D eigenvalue weighted by Crippen LogP contribution is -2.12. The highest BCUT2D eigenvalue weighted by molar-refractivity contribution is 7.18. The molecule has 23 heavy (non-hydrogen) atoms. The Kier molecular flexibility index (Phi) is 5.76. The van der Waals surface area contributed by atoms with Gasteiger partial charge in [-0.15, -0.1) is 11.3 Å². The maximum Gasteiger partial charge on any atom is 0.348 e.